The van der Waals surface area contributed by atoms with Crippen LogP contribution in [0.4, 0.5) is 4.39 Å². The SMILES string of the molecule is N#CC(C#N)(/C=C(/Br)c1ccc(F)cc1)C(c1ccccc1)N1C(=O)CCC1=O. The maximum atomic E-state index is 13.2. The highest BCUT2D eigenvalue weighted by Crippen LogP contribution is 2.44. The summed E-state index contributed by atoms with van der Waals surface area (Å²) in [5, 5.41) is 20.1. The fourth-order valence-corrected chi connectivity index (χ4v) is 3.94. The number of hydrogen-bond donors (Lipinski definition) is 0. The zero-order valence-electron chi connectivity index (χ0n) is 15.2. The van der Waals surface area contributed by atoms with Gasteiger partial charge in [-0.25, -0.2) is 4.39 Å². The molecule has 0 N–H and O–H groups in total. The Morgan fingerprint density at radius 2 is 1.59 bits per heavy atom. The summed E-state index contributed by atoms with van der Waals surface area (Å²) in [5.41, 5.74) is -0.813. The molecule has 0 radical (unpaired) electrons. The van der Waals surface area contributed by atoms with E-state index in [4.69, 9.17) is 0 Å². The van der Waals surface area contributed by atoms with E-state index in [9.17, 15) is 24.5 Å². The first-order chi connectivity index (χ1) is 13.9. The molecular weight excluding hydrogens is 437 g/mol. The molecule has 0 aromatic heterocycles. The van der Waals surface area contributed by atoms with Crippen molar-refractivity contribution in [3.8, 4) is 12.1 Å². The molecule has 7 heteroatoms. The average Bonchev–Trinajstić information content (AvgIpc) is 3.07. The van der Waals surface area contributed by atoms with E-state index in [1.165, 1.54) is 30.3 Å². The van der Waals surface area contributed by atoms with E-state index in [-0.39, 0.29) is 12.8 Å². The van der Waals surface area contributed by atoms with Crippen molar-refractivity contribution in [3.05, 3.63) is 77.6 Å². The second kappa shape index (κ2) is 8.38. The number of rotatable bonds is 5. The standard InChI is InChI=1S/C22H15BrFN3O2/c23-18(15-6-8-17(24)9-7-15)12-22(13-25,14-26)21(16-4-2-1-3-5-16)27-19(28)10-11-20(27)29/h1-9,12,21H,10-11H2/b18-12+. The molecule has 1 heterocycles. The number of imide groups is 1. The van der Waals surface area contributed by atoms with Crippen molar-refractivity contribution in [3.63, 3.8) is 0 Å². The maximum Gasteiger partial charge on any atom is 0.230 e. The lowest BCUT2D eigenvalue weighted by Gasteiger charge is -2.34. The van der Waals surface area contributed by atoms with E-state index >= 15 is 0 Å². The quantitative estimate of drug-likeness (QED) is 0.626. The number of nitriles is 2. The summed E-state index contributed by atoms with van der Waals surface area (Å²) in [4.78, 5) is 26.0. The van der Waals surface area contributed by atoms with Gasteiger partial charge in [0.1, 0.15) is 11.9 Å². The van der Waals surface area contributed by atoms with E-state index in [0.717, 1.165) is 4.90 Å². The third-order valence-corrected chi connectivity index (χ3v) is 5.43. The van der Waals surface area contributed by atoms with Gasteiger partial charge in [-0.3, -0.25) is 14.5 Å². The molecule has 0 aliphatic carbocycles. The Morgan fingerprint density at radius 3 is 2.10 bits per heavy atom. The van der Waals surface area contributed by atoms with Gasteiger partial charge in [-0.15, -0.1) is 0 Å². The number of carbonyl (C=O) groups excluding carboxylic acids is 2. The van der Waals surface area contributed by atoms with E-state index < -0.39 is 29.1 Å². The summed E-state index contributed by atoms with van der Waals surface area (Å²) >= 11 is 3.36. The minimum absolute atomic E-state index is 0.0396. The molecule has 29 heavy (non-hydrogen) atoms. The predicted molar refractivity (Wildman–Crippen MR) is 107 cm³/mol. The van der Waals surface area contributed by atoms with E-state index in [1.54, 1.807) is 30.3 Å². The van der Waals surface area contributed by atoms with E-state index in [2.05, 4.69) is 15.9 Å². The Balaban J connectivity index is 2.19. The molecule has 1 aliphatic rings. The van der Waals surface area contributed by atoms with Crippen molar-refractivity contribution in [1.82, 2.24) is 4.90 Å². The van der Waals surface area contributed by atoms with Crippen LogP contribution in [0.5, 0.6) is 0 Å². The highest BCUT2D eigenvalue weighted by molar-refractivity contribution is 9.15. The number of benzene rings is 2. The first-order valence-corrected chi connectivity index (χ1v) is 9.58. The topological polar surface area (TPSA) is 85.0 Å². The molecule has 1 saturated heterocycles. The number of likely N-dealkylation sites (tertiary alicyclic amines) is 1. The van der Waals surface area contributed by atoms with Crippen LogP contribution >= 0.6 is 15.9 Å². The van der Waals surface area contributed by atoms with Crippen LogP contribution in [-0.4, -0.2) is 16.7 Å². The molecule has 1 aliphatic heterocycles. The lowest BCUT2D eigenvalue weighted by molar-refractivity contribution is -0.142. The van der Waals surface area contributed by atoms with Gasteiger partial charge < -0.3 is 0 Å². The van der Waals surface area contributed by atoms with Crippen molar-refractivity contribution < 1.29 is 14.0 Å². The van der Waals surface area contributed by atoms with Crippen LogP contribution in [0, 0.1) is 33.9 Å². The third-order valence-electron chi connectivity index (χ3n) is 4.74. The van der Waals surface area contributed by atoms with Gasteiger partial charge in [-0.1, -0.05) is 58.4 Å². The fraction of sp³-hybridized carbons (Fsp3) is 0.182. The van der Waals surface area contributed by atoms with Crippen LogP contribution in [0.15, 0.2) is 60.7 Å². The van der Waals surface area contributed by atoms with Gasteiger partial charge in [-0.2, -0.15) is 10.5 Å². The normalized spacial score (nSPS) is 15.7. The Kier molecular flexibility index (Phi) is 5.91. The fourth-order valence-electron chi connectivity index (χ4n) is 3.32. The Bertz CT molecular complexity index is 1020. The molecule has 2 aromatic rings. The van der Waals surface area contributed by atoms with Gasteiger partial charge >= 0.3 is 0 Å². The Hall–Kier alpha value is -3.29. The van der Waals surface area contributed by atoms with Gasteiger partial charge in [0.15, 0.2) is 5.41 Å². The van der Waals surface area contributed by atoms with Crippen molar-refractivity contribution in [1.29, 1.82) is 10.5 Å². The van der Waals surface area contributed by atoms with Gasteiger partial charge in [0, 0.05) is 17.3 Å². The van der Waals surface area contributed by atoms with Gasteiger partial charge in [0.05, 0.1) is 12.1 Å². The van der Waals surface area contributed by atoms with Crippen molar-refractivity contribution in [2.24, 2.45) is 5.41 Å². The molecule has 1 unspecified atom stereocenters. The van der Waals surface area contributed by atoms with Crippen LogP contribution in [0.25, 0.3) is 4.48 Å². The highest BCUT2D eigenvalue weighted by Gasteiger charge is 2.48. The van der Waals surface area contributed by atoms with Crippen LogP contribution in [-0.2, 0) is 9.59 Å². The first-order valence-electron chi connectivity index (χ1n) is 8.78. The van der Waals surface area contributed by atoms with Crippen molar-refractivity contribution in [2.45, 2.75) is 18.9 Å². The second-order valence-electron chi connectivity index (χ2n) is 6.56. The van der Waals surface area contributed by atoms with Crippen molar-refractivity contribution >= 4 is 32.2 Å². The largest absolute Gasteiger partial charge is 0.274 e. The summed E-state index contributed by atoms with van der Waals surface area (Å²) < 4.78 is 13.6. The molecule has 0 spiro atoms. The van der Waals surface area contributed by atoms with Gasteiger partial charge in [0.2, 0.25) is 11.8 Å². The number of hydrogen-bond acceptors (Lipinski definition) is 4. The van der Waals surface area contributed by atoms with Crippen molar-refractivity contribution in [2.75, 3.05) is 0 Å². The monoisotopic (exact) mass is 451 g/mol. The smallest absolute Gasteiger partial charge is 0.230 e. The van der Waals surface area contributed by atoms with Crippen LogP contribution in [0.2, 0.25) is 0 Å². The third kappa shape index (κ3) is 3.96. The molecule has 1 fully saturated rings. The Labute approximate surface area is 175 Å². The molecular formula is C22H15BrFN3O2. The maximum absolute atomic E-state index is 13.2. The molecule has 144 valence electrons. The minimum Gasteiger partial charge on any atom is -0.274 e. The zero-order chi connectivity index (χ0) is 21.0. The molecule has 5 nitrogen and oxygen atoms in total. The summed E-state index contributed by atoms with van der Waals surface area (Å²) in [6, 6.07) is 16.9. The molecule has 0 saturated carbocycles. The lowest BCUT2D eigenvalue weighted by Crippen LogP contribution is -2.42. The first kappa shape index (κ1) is 20.4. The van der Waals surface area contributed by atoms with E-state index in [0.29, 0.717) is 15.6 Å². The number of nitrogens with zero attached hydrogens (tertiary/aromatic N) is 3. The number of halogens is 2. The number of amides is 2. The highest BCUT2D eigenvalue weighted by atomic mass is 79.9. The zero-order valence-corrected chi connectivity index (χ0v) is 16.8. The number of carbonyl (C=O) groups is 2. The second-order valence-corrected chi connectivity index (χ2v) is 7.42. The predicted octanol–water partition coefficient (Wildman–Crippen LogP) is 4.49. The summed E-state index contributed by atoms with van der Waals surface area (Å²) in [6.45, 7) is 0. The molecule has 2 aromatic carbocycles. The minimum atomic E-state index is -1.86. The van der Waals surface area contributed by atoms with Crippen LogP contribution < -0.4 is 0 Å². The molecule has 0 bridgehead atoms. The average molecular weight is 452 g/mol. The van der Waals surface area contributed by atoms with Crippen LogP contribution in [0.1, 0.15) is 30.0 Å². The Morgan fingerprint density at radius 1 is 1.03 bits per heavy atom. The molecule has 2 amide bonds. The van der Waals surface area contributed by atoms with E-state index in [1.807, 2.05) is 12.1 Å². The molecule has 1 atom stereocenters. The van der Waals surface area contributed by atoms with Crippen LogP contribution in [0.3, 0.4) is 0 Å². The summed E-state index contributed by atoms with van der Waals surface area (Å²) in [7, 11) is 0. The molecule has 3 rings (SSSR count). The summed E-state index contributed by atoms with van der Waals surface area (Å²) in [6.07, 6.45) is 1.45. The van der Waals surface area contributed by atoms with Gasteiger partial charge in [0.25, 0.3) is 0 Å². The lowest BCUT2D eigenvalue weighted by atomic mass is 9.77. The van der Waals surface area contributed by atoms with Gasteiger partial charge in [-0.05, 0) is 29.3 Å². The summed E-state index contributed by atoms with van der Waals surface area (Å²) in [5.74, 6) is -1.27.